The zero-order chi connectivity index (χ0) is 18.8. The van der Waals surface area contributed by atoms with Crippen molar-refractivity contribution in [3.05, 3.63) is 29.3 Å². The first-order chi connectivity index (χ1) is 12.4. The van der Waals surface area contributed by atoms with Gasteiger partial charge in [-0.1, -0.05) is 12.1 Å². The summed E-state index contributed by atoms with van der Waals surface area (Å²) >= 11 is 0. The molecule has 2 amide bonds. The van der Waals surface area contributed by atoms with E-state index in [1.807, 2.05) is 32.0 Å². The van der Waals surface area contributed by atoms with Gasteiger partial charge in [0.05, 0.1) is 31.6 Å². The van der Waals surface area contributed by atoms with Crippen LogP contribution in [0, 0.1) is 19.8 Å². The van der Waals surface area contributed by atoms with Crippen LogP contribution in [0.5, 0.6) is 0 Å². The standard InChI is InChI=1S/C19H24N2O5/c1-12-4-3-5-16(13(12)2)21-10-14(8-17(21)22)19(25)20-6-7-26-11-15(20)9-18(23)24/h3-5,14-15H,6-11H2,1-2H3,(H,23,24). The number of aliphatic carboxylic acids is 1. The summed E-state index contributed by atoms with van der Waals surface area (Å²) in [6.45, 7) is 5.27. The average Bonchev–Trinajstić information content (AvgIpc) is 2.98. The molecule has 1 aromatic carbocycles. The first-order valence-corrected chi connectivity index (χ1v) is 8.85. The van der Waals surface area contributed by atoms with Gasteiger partial charge in [-0.05, 0) is 31.0 Å². The van der Waals surface area contributed by atoms with Crippen molar-refractivity contribution < 1.29 is 24.2 Å². The van der Waals surface area contributed by atoms with Gasteiger partial charge in [-0.25, -0.2) is 0 Å². The molecule has 140 valence electrons. The molecule has 2 aliphatic heterocycles. The molecule has 2 atom stereocenters. The van der Waals surface area contributed by atoms with E-state index in [1.54, 1.807) is 9.80 Å². The Morgan fingerprint density at radius 1 is 1.31 bits per heavy atom. The lowest BCUT2D eigenvalue weighted by atomic mass is 10.0. The number of carboxylic acid groups (broad SMARTS) is 1. The number of hydrogen-bond acceptors (Lipinski definition) is 4. The summed E-state index contributed by atoms with van der Waals surface area (Å²) in [4.78, 5) is 39.8. The molecule has 7 heteroatoms. The monoisotopic (exact) mass is 360 g/mol. The van der Waals surface area contributed by atoms with Crippen LogP contribution in [0.15, 0.2) is 18.2 Å². The normalized spacial score (nSPS) is 23.4. The van der Waals surface area contributed by atoms with Crippen molar-refractivity contribution >= 4 is 23.5 Å². The highest BCUT2D eigenvalue weighted by Crippen LogP contribution is 2.30. The predicted molar refractivity (Wildman–Crippen MR) is 94.9 cm³/mol. The Morgan fingerprint density at radius 2 is 2.08 bits per heavy atom. The van der Waals surface area contributed by atoms with Crippen LogP contribution in [0.4, 0.5) is 5.69 Å². The molecule has 2 fully saturated rings. The summed E-state index contributed by atoms with van der Waals surface area (Å²) < 4.78 is 5.33. The molecule has 1 N–H and O–H groups in total. The molecule has 7 nitrogen and oxygen atoms in total. The Hall–Kier alpha value is -2.41. The summed E-state index contributed by atoms with van der Waals surface area (Å²) in [5.74, 6) is -1.63. The molecular weight excluding hydrogens is 336 g/mol. The number of aryl methyl sites for hydroxylation is 1. The average molecular weight is 360 g/mol. The number of rotatable bonds is 4. The Balaban J connectivity index is 1.76. The van der Waals surface area contributed by atoms with E-state index in [4.69, 9.17) is 9.84 Å². The van der Waals surface area contributed by atoms with Gasteiger partial charge >= 0.3 is 5.97 Å². The Bertz CT molecular complexity index is 733. The number of carbonyl (C=O) groups excluding carboxylic acids is 2. The predicted octanol–water partition coefficient (Wildman–Crippen LogP) is 1.36. The third-order valence-electron chi connectivity index (χ3n) is 5.26. The number of hydrogen-bond donors (Lipinski definition) is 1. The van der Waals surface area contributed by atoms with Crippen molar-refractivity contribution in [1.29, 1.82) is 0 Å². The second kappa shape index (κ2) is 7.45. The van der Waals surface area contributed by atoms with Crippen LogP contribution >= 0.6 is 0 Å². The van der Waals surface area contributed by atoms with Crippen LogP contribution in [0.25, 0.3) is 0 Å². The summed E-state index contributed by atoms with van der Waals surface area (Å²) in [6.07, 6.45) is 0.0104. The number of anilines is 1. The molecule has 0 aromatic heterocycles. The molecule has 2 heterocycles. The van der Waals surface area contributed by atoms with Gasteiger partial charge in [-0.3, -0.25) is 14.4 Å². The van der Waals surface area contributed by atoms with Gasteiger partial charge in [0.25, 0.3) is 0 Å². The van der Waals surface area contributed by atoms with Crippen molar-refractivity contribution in [3.8, 4) is 0 Å². The van der Waals surface area contributed by atoms with E-state index in [2.05, 4.69) is 0 Å². The highest BCUT2D eigenvalue weighted by atomic mass is 16.5. The van der Waals surface area contributed by atoms with Gasteiger partial charge < -0.3 is 19.6 Å². The first-order valence-electron chi connectivity index (χ1n) is 8.85. The SMILES string of the molecule is Cc1cccc(N2CC(C(=O)N3CCOCC3CC(=O)O)CC2=O)c1C. The molecule has 2 unspecified atom stereocenters. The third kappa shape index (κ3) is 3.58. The molecule has 0 radical (unpaired) electrons. The van der Waals surface area contributed by atoms with Gasteiger partial charge in [0.2, 0.25) is 11.8 Å². The van der Waals surface area contributed by atoms with E-state index in [-0.39, 0.29) is 31.3 Å². The van der Waals surface area contributed by atoms with E-state index < -0.39 is 17.9 Å². The fourth-order valence-electron chi connectivity index (χ4n) is 3.68. The van der Waals surface area contributed by atoms with Crippen molar-refractivity contribution in [2.75, 3.05) is 31.2 Å². The molecule has 0 spiro atoms. The number of carboxylic acids is 1. The van der Waals surface area contributed by atoms with Crippen LogP contribution in [-0.4, -0.2) is 60.1 Å². The fraction of sp³-hybridized carbons (Fsp3) is 0.526. The molecule has 1 aromatic rings. The molecule has 0 bridgehead atoms. The van der Waals surface area contributed by atoms with E-state index >= 15 is 0 Å². The van der Waals surface area contributed by atoms with Crippen LogP contribution in [-0.2, 0) is 19.1 Å². The summed E-state index contributed by atoms with van der Waals surface area (Å²) in [6, 6.07) is 5.32. The van der Waals surface area contributed by atoms with Crippen LogP contribution < -0.4 is 4.90 Å². The van der Waals surface area contributed by atoms with E-state index in [0.717, 1.165) is 16.8 Å². The molecule has 0 saturated carbocycles. The lowest BCUT2D eigenvalue weighted by Gasteiger charge is -2.36. The maximum atomic E-state index is 13.0. The van der Waals surface area contributed by atoms with Gasteiger partial charge in [-0.2, -0.15) is 0 Å². The fourth-order valence-corrected chi connectivity index (χ4v) is 3.68. The second-order valence-corrected chi connectivity index (χ2v) is 6.98. The second-order valence-electron chi connectivity index (χ2n) is 6.98. The number of carbonyl (C=O) groups is 3. The van der Waals surface area contributed by atoms with Gasteiger partial charge in [0.15, 0.2) is 0 Å². The minimum atomic E-state index is -0.960. The first kappa shape index (κ1) is 18.4. The van der Waals surface area contributed by atoms with Crippen LogP contribution in [0.1, 0.15) is 24.0 Å². The van der Waals surface area contributed by atoms with Crippen molar-refractivity contribution in [2.24, 2.45) is 5.92 Å². The summed E-state index contributed by atoms with van der Waals surface area (Å²) in [5, 5.41) is 9.06. The molecule has 26 heavy (non-hydrogen) atoms. The molecule has 0 aliphatic carbocycles. The van der Waals surface area contributed by atoms with Crippen molar-refractivity contribution in [1.82, 2.24) is 4.90 Å². The highest BCUT2D eigenvalue weighted by Gasteiger charge is 2.40. The summed E-state index contributed by atoms with van der Waals surface area (Å²) in [7, 11) is 0. The third-order valence-corrected chi connectivity index (χ3v) is 5.26. The Morgan fingerprint density at radius 3 is 2.81 bits per heavy atom. The maximum absolute atomic E-state index is 13.0. The van der Waals surface area contributed by atoms with E-state index in [0.29, 0.717) is 19.7 Å². The zero-order valence-electron chi connectivity index (χ0n) is 15.1. The topological polar surface area (TPSA) is 87.2 Å². The van der Waals surface area contributed by atoms with Crippen molar-refractivity contribution in [2.45, 2.75) is 32.7 Å². The molecule has 3 rings (SSSR count). The number of amides is 2. The zero-order valence-corrected chi connectivity index (χ0v) is 15.1. The van der Waals surface area contributed by atoms with Gasteiger partial charge in [0.1, 0.15) is 0 Å². The van der Waals surface area contributed by atoms with Crippen molar-refractivity contribution in [3.63, 3.8) is 0 Å². The highest BCUT2D eigenvalue weighted by molar-refractivity contribution is 6.01. The Kier molecular flexibility index (Phi) is 5.27. The van der Waals surface area contributed by atoms with Crippen LogP contribution in [0.3, 0.4) is 0 Å². The number of ether oxygens (including phenoxy) is 1. The van der Waals surface area contributed by atoms with Gasteiger partial charge in [0, 0.05) is 25.2 Å². The number of benzene rings is 1. The Labute approximate surface area is 152 Å². The molecular formula is C19H24N2O5. The number of nitrogens with zero attached hydrogens (tertiary/aromatic N) is 2. The maximum Gasteiger partial charge on any atom is 0.305 e. The quantitative estimate of drug-likeness (QED) is 0.876. The largest absolute Gasteiger partial charge is 0.481 e. The lowest BCUT2D eigenvalue weighted by Crippen LogP contribution is -2.51. The summed E-state index contributed by atoms with van der Waals surface area (Å²) in [5.41, 5.74) is 2.97. The smallest absolute Gasteiger partial charge is 0.305 e. The van der Waals surface area contributed by atoms with E-state index in [1.165, 1.54) is 0 Å². The lowest BCUT2D eigenvalue weighted by molar-refractivity contribution is -0.149. The molecule has 2 saturated heterocycles. The number of morpholine rings is 1. The van der Waals surface area contributed by atoms with Gasteiger partial charge in [-0.15, -0.1) is 0 Å². The molecule has 2 aliphatic rings. The minimum Gasteiger partial charge on any atom is -0.481 e. The van der Waals surface area contributed by atoms with E-state index in [9.17, 15) is 14.4 Å². The van der Waals surface area contributed by atoms with Crippen LogP contribution in [0.2, 0.25) is 0 Å². The minimum absolute atomic E-state index is 0.0694.